The van der Waals surface area contributed by atoms with Crippen molar-refractivity contribution in [2.24, 2.45) is 0 Å². The summed E-state index contributed by atoms with van der Waals surface area (Å²) in [5.74, 6) is 0. The second kappa shape index (κ2) is 61.0. The molecule has 0 aromatic carbocycles. The summed E-state index contributed by atoms with van der Waals surface area (Å²) in [6.07, 6.45) is 3.49. The van der Waals surface area contributed by atoms with Gasteiger partial charge in [0.1, 0.15) is 0 Å². The van der Waals surface area contributed by atoms with Crippen LogP contribution in [-0.4, -0.2) is 47.2 Å². The third kappa shape index (κ3) is 139. The molecule has 0 fully saturated rings. The van der Waals surface area contributed by atoms with Crippen LogP contribution in [0.15, 0.2) is 0 Å². The first-order chi connectivity index (χ1) is 9.66. The average molecular weight is 336 g/mol. The molecule has 20 heavy (non-hydrogen) atoms. The molecule has 0 spiro atoms. The normalized spacial score (nSPS) is 7.35. The second-order valence-corrected chi connectivity index (χ2v) is 3.11. The predicted molar refractivity (Wildman–Crippen MR) is 73.2 cm³/mol. The van der Waals surface area contributed by atoms with Crippen molar-refractivity contribution in [3.8, 4) is 0 Å². The van der Waals surface area contributed by atoms with Crippen molar-refractivity contribution in [1.29, 1.82) is 0 Å². The van der Waals surface area contributed by atoms with Gasteiger partial charge in [-0.15, -0.1) is 0 Å². The fraction of sp³-hybridized carbons (Fsp3) is 1.00. The second-order valence-electron chi connectivity index (χ2n) is 3.11. The van der Waals surface area contributed by atoms with Crippen LogP contribution in [0.3, 0.4) is 0 Å². The Hall–Kier alpha value is 0.274. The Morgan fingerprint density at radius 3 is 0.900 bits per heavy atom. The summed E-state index contributed by atoms with van der Waals surface area (Å²) in [7, 11) is 0. The zero-order valence-electron chi connectivity index (χ0n) is 13.2. The molecule has 0 atom stereocenters. The van der Waals surface area contributed by atoms with E-state index in [1.54, 1.807) is 0 Å². The summed E-state index contributed by atoms with van der Waals surface area (Å²) in [5, 5.41) is 30.9. The Kier molecular flexibility index (Phi) is 98.4. The third-order valence-corrected chi connectivity index (χ3v) is 1.04. The minimum absolute atomic E-state index is 0.319. The van der Waals surface area contributed by atoms with Crippen LogP contribution in [0.1, 0.15) is 53.4 Å². The molecule has 0 saturated heterocycles. The Morgan fingerprint density at radius 2 is 0.900 bits per heavy atom. The maximum absolute atomic E-state index is 8.25. The van der Waals surface area contributed by atoms with E-state index in [2.05, 4.69) is 9.78 Å². The monoisotopic (exact) mass is 336 g/mol. The minimum atomic E-state index is 0.319. The van der Waals surface area contributed by atoms with E-state index in [0.717, 1.165) is 46.1 Å². The number of hydrogen-bond acceptors (Lipinski definition) is 7. The summed E-state index contributed by atoms with van der Waals surface area (Å²) in [6.45, 7) is 9.24. The van der Waals surface area contributed by atoms with Gasteiger partial charge in [0.15, 0.2) is 0 Å². The first kappa shape index (κ1) is 32.3. The topological polar surface area (TPSA) is 116 Å². The molecule has 0 aliphatic carbocycles. The summed E-state index contributed by atoms with van der Waals surface area (Å²) in [4.78, 5) is 7.38. The quantitative estimate of drug-likeness (QED) is 0.334. The van der Waals surface area contributed by atoms with Crippen molar-refractivity contribution >= 4 is 0 Å². The predicted octanol–water partition coefficient (Wildman–Crippen LogP) is 2.43. The number of aliphatic hydroxyl groups excluding tert-OH is 2. The number of aliphatic hydroxyl groups is 2. The molecule has 8 heteroatoms. The van der Waals surface area contributed by atoms with Gasteiger partial charge < -0.3 is 10.2 Å². The van der Waals surface area contributed by atoms with Gasteiger partial charge in [0.25, 0.3) is 0 Å². The molecule has 0 bridgehead atoms. The van der Waals surface area contributed by atoms with Crippen molar-refractivity contribution in [2.45, 2.75) is 53.4 Å². The Labute approximate surface area is 134 Å². The summed E-state index contributed by atoms with van der Waals surface area (Å²) in [6, 6.07) is 0. The van der Waals surface area contributed by atoms with E-state index in [4.69, 9.17) is 24.1 Å². The molecule has 0 amide bonds. The molecule has 0 radical (unpaired) electrons. The molecule has 0 aliphatic heterocycles. The van der Waals surface area contributed by atoms with Crippen LogP contribution in [-0.2, 0) is 33.5 Å². The van der Waals surface area contributed by atoms with Gasteiger partial charge in [0, 0.05) is 13.2 Å². The van der Waals surface area contributed by atoms with Crippen LogP contribution in [0.4, 0.5) is 0 Å². The van der Waals surface area contributed by atoms with Gasteiger partial charge in [-0.2, -0.15) is 0 Å². The molecular weight excluding hydrogens is 304 g/mol. The van der Waals surface area contributed by atoms with Crippen molar-refractivity contribution < 1.29 is 54.2 Å². The molecular formula is C12H32O7Ti. The van der Waals surface area contributed by atoms with Crippen LogP contribution in [0, 0.1) is 0 Å². The molecule has 7 nitrogen and oxygen atoms in total. The zero-order valence-corrected chi connectivity index (χ0v) is 14.7. The van der Waals surface area contributed by atoms with E-state index in [1.165, 1.54) is 0 Å². The van der Waals surface area contributed by atoms with Gasteiger partial charge in [-0.05, 0) is 25.7 Å². The van der Waals surface area contributed by atoms with E-state index in [1.807, 2.05) is 27.7 Å². The summed E-state index contributed by atoms with van der Waals surface area (Å²) in [5.41, 5.74) is 0. The number of rotatable bonds is 6. The molecule has 0 saturated carbocycles. The Balaban J connectivity index is -0.0000000482. The van der Waals surface area contributed by atoms with E-state index in [0.29, 0.717) is 26.4 Å². The van der Waals surface area contributed by atoms with Crippen LogP contribution < -0.4 is 0 Å². The SMILES string of the molecule is CCCO.CCCO.CCCOO.CCCOO.[O]=[Ti]. The first-order valence-electron chi connectivity index (χ1n) is 6.61. The van der Waals surface area contributed by atoms with Crippen LogP contribution in [0.5, 0.6) is 0 Å². The first-order valence-corrected chi connectivity index (χ1v) is 7.25. The van der Waals surface area contributed by atoms with Crippen molar-refractivity contribution in [2.75, 3.05) is 26.4 Å². The average Bonchev–Trinajstić information content (AvgIpc) is 2.52. The van der Waals surface area contributed by atoms with E-state index < -0.39 is 0 Å². The fourth-order valence-electron chi connectivity index (χ4n) is 0.183. The van der Waals surface area contributed by atoms with Crippen molar-refractivity contribution in [1.82, 2.24) is 0 Å². The van der Waals surface area contributed by atoms with E-state index in [9.17, 15) is 0 Å². The van der Waals surface area contributed by atoms with Gasteiger partial charge in [0.2, 0.25) is 0 Å². The van der Waals surface area contributed by atoms with E-state index >= 15 is 0 Å². The van der Waals surface area contributed by atoms with Crippen LogP contribution in [0.2, 0.25) is 0 Å². The number of hydrogen-bond donors (Lipinski definition) is 4. The van der Waals surface area contributed by atoms with Crippen molar-refractivity contribution in [3.63, 3.8) is 0 Å². The summed E-state index contributed by atoms with van der Waals surface area (Å²) < 4.78 is 8.25. The Bertz CT molecular complexity index is 81.9. The van der Waals surface area contributed by atoms with Gasteiger partial charge in [-0.3, -0.25) is 10.5 Å². The van der Waals surface area contributed by atoms with Gasteiger partial charge in [-0.25, -0.2) is 9.78 Å². The molecule has 126 valence electrons. The molecule has 0 rings (SSSR count). The molecule has 0 aromatic heterocycles. The van der Waals surface area contributed by atoms with Gasteiger partial charge >= 0.3 is 23.7 Å². The zero-order chi connectivity index (χ0) is 17.1. The van der Waals surface area contributed by atoms with Gasteiger partial charge in [-0.1, -0.05) is 27.7 Å². The molecule has 4 N–H and O–H groups in total. The Morgan fingerprint density at radius 1 is 0.700 bits per heavy atom. The van der Waals surface area contributed by atoms with E-state index in [-0.39, 0.29) is 0 Å². The van der Waals surface area contributed by atoms with Crippen molar-refractivity contribution in [3.05, 3.63) is 0 Å². The molecule has 0 aromatic rings. The van der Waals surface area contributed by atoms with Crippen LogP contribution in [0.25, 0.3) is 0 Å². The molecule has 0 aliphatic rings. The van der Waals surface area contributed by atoms with Gasteiger partial charge in [0.05, 0.1) is 13.2 Å². The molecule has 0 heterocycles. The maximum atomic E-state index is 8.25. The van der Waals surface area contributed by atoms with Crippen LogP contribution >= 0.6 is 0 Å². The fourth-order valence-corrected chi connectivity index (χ4v) is 0.183. The molecule has 0 unspecified atom stereocenters. The third-order valence-electron chi connectivity index (χ3n) is 1.04. The standard InChI is InChI=1S/2C3H8O2.2C3H8O.O.Ti/c2*1-2-3-5-4;2*1-2-3-4;;/h2*4H,2-3H2,1H3;2*4H,2-3H2,1H3;;. The summed E-state index contributed by atoms with van der Waals surface area (Å²) >= 11 is 0.750.